The maximum Gasteiger partial charge on any atom is 0.338 e. The van der Waals surface area contributed by atoms with Gasteiger partial charge in [0.2, 0.25) is 4.96 Å². The van der Waals surface area contributed by atoms with E-state index in [0.717, 1.165) is 0 Å². The Kier molecular flexibility index (Phi) is 4.25. The standard InChI is InChI=1S/C16H12ClN3O5S/c1-8-4-13(21)20-16(18-8)26-12(19-20)7-25-15(22)9-5-10(17)14-11(6-9)23-2-3-24-14/h4-6H,2-3,7H2,1H3. The third kappa shape index (κ3) is 3.11. The third-order valence-corrected chi connectivity index (χ3v) is 4.74. The lowest BCUT2D eigenvalue weighted by Gasteiger charge is -2.19. The van der Waals surface area contributed by atoms with Crippen LogP contribution in [0.15, 0.2) is 23.0 Å². The lowest BCUT2D eigenvalue weighted by atomic mass is 10.2. The fourth-order valence-corrected chi connectivity index (χ4v) is 3.58. The predicted octanol–water partition coefficient (Wildman–Crippen LogP) is 2.24. The van der Waals surface area contributed by atoms with Crippen molar-refractivity contribution in [3.8, 4) is 11.5 Å². The van der Waals surface area contributed by atoms with Gasteiger partial charge in [-0.25, -0.2) is 9.78 Å². The quantitative estimate of drug-likeness (QED) is 0.630. The Bertz CT molecular complexity index is 1080. The van der Waals surface area contributed by atoms with Crippen LogP contribution in [0.2, 0.25) is 5.02 Å². The highest BCUT2D eigenvalue weighted by Crippen LogP contribution is 2.38. The molecule has 1 aliphatic heterocycles. The molecule has 134 valence electrons. The van der Waals surface area contributed by atoms with Crippen molar-refractivity contribution in [3.63, 3.8) is 0 Å². The topological polar surface area (TPSA) is 92.0 Å². The number of fused-ring (bicyclic) bond motifs is 2. The smallest absolute Gasteiger partial charge is 0.338 e. The zero-order valence-corrected chi connectivity index (χ0v) is 15.1. The van der Waals surface area contributed by atoms with Crippen molar-refractivity contribution < 1.29 is 19.0 Å². The van der Waals surface area contributed by atoms with Gasteiger partial charge in [-0.1, -0.05) is 22.9 Å². The Balaban J connectivity index is 1.53. The van der Waals surface area contributed by atoms with E-state index in [1.54, 1.807) is 6.92 Å². The number of benzene rings is 1. The molecular formula is C16H12ClN3O5S. The number of carbonyl (C=O) groups excluding carboxylic acids is 1. The number of esters is 1. The summed E-state index contributed by atoms with van der Waals surface area (Å²) in [5, 5.41) is 4.85. The van der Waals surface area contributed by atoms with E-state index in [-0.39, 0.29) is 22.8 Å². The van der Waals surface area contributed by atoms with Crippen molar-refractivity contribution in [1.82, 2.24) is 14.6 Å². The van der Waals surface area contributed by atoms with Crippen LogP contribution in [0, 0.1) is 6.92 Å². The Morgan fingerprint density at radius 3 is 3.00 bits per heavy atom. The number of aryl methyl sites for hydroxylation is 1. The Morgan fingerprint density at radius 1 is 1.35 bits per heavy atom. The first-order valence-corrected chi connectivity index (χ1v) is 8.83. The maximum atomic E-state index is 12.3. The van der Waals surface area contributed by atoms with Crippen molar-refractivity contribution in [2.24, 2.45) is 0 Å². The van der Waals surface area contributed by atoms with Crippen LogP contribution in [-0.4, -0.2) is 33.8 Å². The molecule has 0 radical (unpaired) electrons. The van der Waals surface area contributed by atoms with Crippen molar-refractivity contribution in [2.75, 3.05) is 13.2 Å². The highest BCUT2D eigenvalue weighted by Gasteiger charge is 2.20. The number of aromatic nitrogens is 3. The molecule has 0 unspecified atom stereocenters. The Hall–Kier alpha value is -2.65. The van der Waals surface area contributed by atoms with Crippen LogP contribution in [0.4, 0.5) is 0 Å². The van der Waals surface area contributed by atoms with Gasteiger partial charge in [0.1, 0.15) is 19.8 Å². The van der Waals surface area contributed by atoms with Crippen molar-refractivity contribution in [1.29, 1.82) is 0 Å². The highest BCUT2D eigenvalue weighted by molar-refractivity contribution is 7.16. The van der Waals surface area contributed by atoms with E-state index in [0.29, 0.717) is 40.4 Å². The van der Waals surface area contributed by atoms with Crippen LogP contribution in [0.25, 0.3) is 4.96 Å². The summed E-state index contributed by atoms with van der Waals surface area (Å²) < 4.78 is 17.3. The molecule has 0 fully saturated rings. The van der Waals surface area contributed by atoms with Crippen LogP contribution >= 0.6 is 22.9 Å². The Labute approximate surface area is 155 Å². The van der Waals surface area contributed by atoms with E-state index in [1.807, 2.05) is 0 Å². The van der Waals surface area contributed by atoms with Crippen molar-refractivity contribution in [3.05, 3.63) is 49.8 Å². The molecule has 0 bridgehead atoms. The predicted molar refractivity (Wildman–Crippen MR) is 93.4 cm³/mol. The van der Waals surface area contributed by atoms with Crippen molar-refractivity contribution in [2.45, 2.75) is 13.5 Å². The molecule has 0 aliphatic carbocycles. The number of ether oxygens (including phenoxy) is 3. The average Bonchev–Trinajstić information content (AvgIpc) is 3.03. The molecule has 10 heteroatoms. The number of rotatable bonds is 3. The molecule has 0 saturated carbocycles. The minimum absolute atomic E-state index is 0.0859. The molecule has 1 aromatic carbocycles. The molecule has 3 aromatic rings. The molecule has 2 aromatic heterocycles. The SMILES string of the molecule is Cc1cc(=O)n2nc(COC(=O)c3cc(Cl)c4c(c3)OCCO4)sc2n1. The first-order chi connectivity index (χ1) is 12.5. The Morgan fingerprint density at radius 2 is 2.15 bits per heavy atom. The van der Waals surface area contributed by atoms with Gasteiger partial charge in [0.05, 0.1) is 10.6 Å². The molecule has 4 rings (SSSR count). The minimum atomic E-state index is -0.584. The normalized spacial score (nSPS) is 13.0. The lowest BCUT2D eigenvalue weighted by molar-refractivity contribution is 0.0470. The summed E-state index contributed by atoms with van der Waals surface area (Å²) in [4.78, 5) is 28.9. The fraction of sp³-hybridized carbons (Fsp3) is 0.250. The second-order valence-corrected chi connectivity index (χ2v) is 6.93. The van der Waals surface area contributed by atoms with E-state index in [1.165, 1.54) is 34.1 Å². The number of hydrogen-bond acceptors (Lipinski definition) is 8. The summed E-state index contributed by atoms with van der Waals surface area (Å²) in [6, 6.07) is 4.38. The second-order valence-electron chi connectivity index (χ2n) is 5.48. The van der Waals surface area contributed by atoms with E-state index in [9.17, 15) is 9.59 Å². The highest BCUT2D eigenvalue weighted by atomic mass is 35.5. The number of carbonyl (C=O) groups is 1. The molecular weight excluding hydrogens is 382 g/mol. The van der Waals surface area contributed by atoms with Crippen LogP contribution in [0.5, 0.6) is 11.5 Å². The van der Waals surface area contributed by atoms with Crippen LogP contribution in [0.3, 0.4) is 0 Å². The molecule has 0 amide bonds. The number of nitrogens with zero attached hydrogens (tertiary/aromatic N) is 3. The zero-order chi connectivity index (χ0) is 18.3. The van der Waals surface area contributed by atoms with E-state index >= 15 is 0 Å². The van der Waals surface area contributed by atoms with Crippen LogP contribution in [0.1, 0.15) is 21.1 Å². The first-order valence-electron chi connectivity index (χ1n) is 7.64. The van der Waals surface area contributed by atoms with Crippen LogP contribution in [-0.2, 0) is 11.3 Å². The first kappa shape index (κ1) is 16.8. The summed E-state index contributed by atoms with van der Waals surface area (Å²) in [6.07, 6.45) is 0. The fourth-order valence-electron chi connectivity index (χ4n) is 2.46. The molecule has 0 N–H and O–H groups in total. The molecule has 3 heterocycles. The number of halogens is 1. The van der Waals surface area contributed by atoms with Gasteiger partial charge in [-0.15, -0.1) is 0 Å². The molecule has 1 aliphatic rings. The lowest BCUT2D eigenvalue weighted by Crippen LogP contribution is -2.16. The summed E-state index contributed by atoms with van der Waals surface area (Å²) in [6.45, 7) is 2.43. The van der Waals surface area contributed by atoms with Gasteiger partial charge in [0, 0.05) is 11.8 Å². The molecule has 0 spiro atoms. The summed E-state index contributed by atoms with van der Waals surface area (Å²) >= 11 is 7.31. The van der Waals surface area contributed by atoms with Gasteiger partial charge in [-0.2, -0.15) is 9.61 Å². The molecule has 8 nitrogen and oxygen atoms in total. The van der Waals surface area contributed by atoms with E-state index in [2.05, 4.69) is 10.1 Å². The second kappa shape index (κ2) is 6.58. The van der Waals surface area contributed by atoms with Gasteiger partial charge in [-0.05, 0) is 19.1 Å². The van der Waals surface area contributed by atoms with Crippen LogP contribution < -0.4 is 15.0 Å². The third-order valence-electron chi connectivity index (χ3n) is 3.57. The van der Waals surface area contributed by atoms with Gasteiger partial charge in [-0.3, -0.25) is 4.79 Å². The largest absolute Gasteiger partial charge is 0.486 e. The number of hydrogen-bond donors (Lipinski definition) is 0. The molecule has 0 atom stereocenters. The van der Waals surface area contributed by atoms with E-state index < -0.39 is 5.97 Å². The monoisotopic (exact) mass is 393 g/mol. The molecule has 26 heavy (non-hydrogen) atoms. The van der Waals surface area contributed by atoms with E-state index in [4.69, 9.17) is 25.8 Å². The van der Waals surface area contributed by atoms with Gasteiger partial charge < -0.3 is 14.2 Å². The summed E-state index contributed by atoms with van der Waals surface area (Å²) in [5.41, 5.74) is 0.569. The van der Waals surface area contributed by atoms with Crippen molar-refractivity contribution >= 4 is 33.9 Å². The zero-order valence-electron chi connectivity index (χ0n) is 13.5. The van der Waals surface area contributed by atoms with Gasteiger partial charge in [0.15, 0.2) is 16.5 Å². The van der Waals surface area contributed by atoms with Gasteiger partial charge in [0.25, 0.3) is 5.56 Å². The van der Waals surface area contributed by atoms with Gasteiger partial charge >= 0.3 is 5.97 Å². The summed E-state index contributed by atoms with van der Waals surface area (Å²) in [5.74, 6) is 0.239. The maximum absolute atomic E-state index is 12.3. The molecule has 0 saturated heterocycles. The summed E-state index contributed by atoms with van der Waals surface area (Å²) in [7, 11) is 0. The average molecular weight is 394 g/mol. The minimum Gasteiger partial charge on any atom is -0.486 e.